The zero-order chi connectivity index (χ0) is 45.5. The topological polar surface area (TPSA) is 210 Å². The Morgan fingerprint density at radius 3 is 2.28 bits per heavy atom. The normalized spacial score (nSPS) is 14.5. The van der Waals surface area contributed by atoms with Gasteiger partial charge in [0.15, 0.2) is 0 Å². The van der Waals surface area contributed by atoms with Crippen LogP contribution in [0.5, 0.6) is 0 Å². The summed E-state index contributed by atoms with van der Waals surface area (Å²) in [7, 11) is 2.02. The number of hydrogen-bond acceptors (Lipinski definition) is 14. The molecule has 1 saturated heterocycles. The predicted octanol–water partition coefficient (Wildman–Crippen LogP) is 5.47. The summed E-state index contributed by atoms with van der Waals surface area (Å²) < 4.78 is 16.6. The Balaban J connectivity index is 0.756. The van der Waals surface area contributed by atoms with Crippen molar-refractivity contribution in [1.82, 2.24) is 20.2 Å². The highest BCUT2D eigenvalue weighted by Crippen LogP contribution is 2.32. The predicted molar refractivity (Wildman–Crippen MR) is 244 cm³/mol. The summed E-state index contributed by atoms with van der Waals surface area (Å²) in [5.41, 5.74) is 7.18. The molecule has 0 spiro atoms. The third-order valence-electron chi connectivity index (χ3n) is 10.7. The number of imide groups is 2. The second kappa shape index (κ2) is 22.3. The molecule has 1 unspecified atom stereocenters. The van der Waals surface area contributed by atoms with Gasteiger partial charge in [-0.1, -0.05) is 30.3 Å². The van der Waals surface area contributed by atoms with Crippen LogP contribution in [0.15, 0.2) is 104 Å². The molecule has 0 radical (unpaired) electrons. The molecule has 336 valence electrons. The molecule has 5 aromatic rings. The van der Waals surface area contributed by atoms with E-state index in [2.05, 4.69) is 60.4 Å². The summed E-state index contributed by atoms with van der Waals surface area (Å²) >= 11 is 0. The van der Waals surface area contributed by atoms with E-state index in [0.29, 0.717) is 50.0 Å². The van der Waals surface area contributed by atoms with E-state index in [1.165, 1.54) is 6.07 Å². The van der Waals surface area contributed by atoms with Gasteiger partial charge in [0.1, 0.15) is 24.8 Å². The fourth-order valence-electron chi connectivity index (χ4n) is 7.37. The van der Waals surface area contributed by atoms with Crippen LogP contribution in [0.1, 0.15) is 46.4 Å². The number of carbonyl (C=O) groups is 6. The van der Waals surface area contributed by atoms with Gasteiger partial charge in [0.05, 0.1) is 56.0 Å². The first-order valence-corrected chi connectivity index (χ1v) is 21.3. The Labute approximate surface area is 375 Å². The molecule has 17 nitrogen and oxygen atoms in total. The third-order valence-corrected chi connectivity index (χ3v) is 10.7. The molecular weight excluding hydrogens is 833 g/mol. The van der Waals surface area contributed by atoms with Crippen LogP contribution in [-0.4, -0.2) is 117 Å². The lowest BCUT2D eigenvalue weighted by molar-refractivity contribution is -0.136. The summed E-state index contributed by atoms with van der Waals surface area (Å²) in [6.07, 6.45) is 7.80. The number of pyridine rings is 2. The first-order chi connectivity index (χ1) is 31.7. The number of nitrogens with zero attached hydrogens (tertiary/aromatic N) is 4. The van der Waals surface area contributed by atoms with Gasteiger partial charge in [0.2, 0.25) is 17.7 Å². The minimum Gasteiger partial charge on any atom is -0.382 e. The molecule has 7 rings (SSSR count). The van der Waals surface area contributed by atoms with Gasteiger partial charge in [-0.25, -0.2) is 4.98 Å². The van der Waals surface area contributed by atoms with Crippen molar-refractivity contribution in [1.29, 1.82) is 0 Å². The quantitative estimate of drug-likeness (QED) is 0.0364. The number of fused-ring (bicyclic) bond motifs is 1. The zero-order valence-electron chi connectivity index (χ0n) is 35.9. The second-order valence-corrected chi connectivity index (χ2v) is 15.3. The molecule has 2 aliphatic heterocycles. The number of ether oxygens (including phenoxy) is 3. The van der Waals surface area contributed by atoms with Gasteiger partial charge in [0.25, 0.3) is 11.8 Å². The van der Waals surface area contributed by atoms with E-state index in [0.717, 1.165) is 57.8 Å². The van der Waals surface area contributed by atoms with Crippen molar-refractivity contribution < 1.29 is 43.0 Å². The molecule has 4 heterocycles. The standard InChI is InChI=1S/C48H50N8O9/c1-55(20-2-3-21-57)38-14-9-32(10-15-38)34-11-17-42(51-29-34)52-37-27-35(28-49-30-37)33-7-12-36(13-8-33)53-44(59)31-65-26-25-64-24-23-63-22-19-50-40-6-4-5-39-45(40)48(62)56(47(39)61)41-16-18-43(58)54-46(41)60/h4-15,17,21,27-30,41,50H,2-3,16,18-20,22-26,31H2,1H3,(H,51,52)(H,53,59)(H,54,58,60). The number of hydrogen-bond donors (Lipinski definition) is 4. The number of amides is 5. The molecule has 4 N–H and O–H groups in total. The van der Waals surface area contributed by atoms with E-state index in [9.17, 15) is 28.8 Å². The maximum absolute atomic E-state index is 13.2. The molecule has 0 saturated carbocycles. The van der Waals surface area contributed by atoms with Gasteiger partial charge < -0.3 is 39.9 Å². The van der Waals surface area contributed by atoms with E-state index in [4.69, 9.17) is 14.2 Å². The van der Waals surface area contributed by atoms with Crippen molar-refractivity contribution in [3.05, 3.63) is 115 Å². The maximum Gasteiger partial charge on any atom is 0.264 e. The largest absolute Gasteiger partial charge is 0.382 e. The summed E-state index contributed by atoms with van der Waals surface area (Å²) in [4.78, 5) is 85.4. The molecule has 0 bridgehead atoms. The number of nitrogens with one attached hydrogen (secondary N) is 4. The van der Waals surface area contributed by atoms with Crippen LogP contribution in [-0.2, 0) is 33.4 Å². The van der Waals surface area contributed by atoms with Crippen LogP contribution in [0.4, 0.5) is 28.6 Å². The average molecular weight is 883 g/mol. The van der Waals surface area contributed by atoms with Gasteiger partial charge in [-0.05, 0) is 78.6 Å². The molecule has 65 heavy (non-hydrogen) atoms. The van der Waals surface area contributed by atoms with Crippen LogP contribution in [0, 0.1) is 0 Å². The Morgan fingerprint density at radius 2 is 1.54 bits per heavy atom. The lowest BCUT2D eigenvalue weighted by atomic mass is 10.0. The smallest absolute Gasteiger partial charge is 0.264 e. The van der Waals surface area contributed by atoms with Crippen molar-refractivity contribution in [2.45, 2.75) is 31.7 Å². The fourth-order valence-corrected chi connectivity index (χ4v) is 7.37. The zero-order valence-corrected chi connectivity index (χ0v) is 35.9. The highest BCUT2D eigenvalue weighted by molar-refractivity contribution is 6.25. The van der Waals surface area contributed by atoms with Gasteiger partial charge in [0, 0.05) is 73.6 Å². The number of aromatic nitrogens is 2. The number of benzene rings is 3. The summed E-state index contributed by atoms with van der Waals surface area (Å²) in [5.74, 6) is -1.86. The second-order valence-electron chi connectivity index (χ2n) is 15.3. The molecule has 0 aliphatic carbocycles. The van der Waals surface area contributed by atoms with Crippen LogP contribution >= 0.6 is 0 Å². The molecule has 1 atom stereocenters. The van der Waals surface area contributed by atoms with Crippen LogP contribution in [0.25, 0.3) is 22.3 Å². The Kier molecular flexibility index (Phi) is 15.7. The van der Waals surface area contributed by atoms with Crippen LogP contribution in [0.2, 0.25) is 0 Å². The van der Waals surface area contributed by atoms with E-state index in [1.807, 2.05) is 55.7 Å². The monoisotopic (exact) mass is 882 g/mol. The summed E-state index contributed by atoms with van der Waals surface area (Å²) in [6.45, 7) is 2.39. The van der Waals surface area contributed by atoms with Crippen LogP contribution in [0.3, 0.4) is 0 Å². The van der Waals surface area contributed by atoms with Gasteiger partial charge in [-0.15, -0.1) is 0 Å². The lowest BCUT2D eigenvalue weighted by Crippen LogP contribution is -2.54. The Hall–Kier alpha value is -7.34. The lowest BCUT2D eigenvalue weighted by Gasteiger charge is -2.27. The van der Waals surface area contributed by atoms with Crippen LogP contribution < -0.4 is 26.2 Å². The van der Waals surface area contributed by atoms with E-state index < -0.39 is 29.7 Å². The first-order valence-electron chi connectivity index (χ1n) is 21.3. The SMILES string of the molecule is CN(CCCC=O)c1ccc(-c2ccc(Nc3cncc(-c4ccc(NC(=O)COCCOCCOCCNc5cccc6c5C(=O)N(C5CCC(=O)NC5=O)C6=O)cc4)c3)nc2)cc1. The van der Waals surface area contributed by atoms with Gasteiger partial charge >= 0.3 is 0 Å². The van der Waals surface area contributed by atoms with E-state index in [1.54, 1.807) is 24.5 Å². The first kappa shape index (κ1) is 45.7. The molecule has 17 heteroatoms. The molecule has 1 fully saturated rings. The minimum atomic E-state index is -1.03. The number of anilines is 5. The van der Waals surface area contributed by atoms with E-state index in [-0.39, 0.29) is 49.7 Å². The van der Waals surface area contributed by atoms with Crippen molar-refractivity contribution in [2.24, 2.45) is 0 Å². The highest BCUT2D eigenvalue weighted by atomic mass is 16.5. The Morgan fingerprint density at radius 1 is 0.815 bits per heavy atom. The number of unbranched alkanes of at least 4 members (excludes halogenated alkanes) is 1. The number of rotatable bonds is 23. The molecular formula is C48H50N8O9. The maximum atomic E-state index is 13.2. The van der Waals surface area contributed by atoms with Crippen molar-refractivity contribution in [3.8, 4) is 22.3 Å². The number of aldehydes is 1. The molecule has 5 amide bonds. The Bertz CT molecular complexity index is 2480. The van der Waals surface area contributed by atoms with Gasteiger partial charge in [-0.3, -0.25) is 39.2 Å². The van der Waals surface area contributed by atoms with E-state index >= 15 is 0 Å². The minimum absolute atomic E-state index is 0.0493. The van der Waals surface area contributed by atoms with Crippen molar-refractivity contribution >= 4 is 64.4 Å². The summed E-state index contributed by atoms with van der Waals surface area (Å²) in [6, 6.07) is 25.5. The highest BCUT2D eigenvalue weighted by Gasteiger charge is 2.45. The van der Waals surface area contributed by atoms with Crippen molar-refractivity contribution in [2.75, 3.05) is 80.6 Å². The number of piperidine rings is 1. The average Bonchev–Trinajstić information content (AvgIpc) is 3.57. The molecule has 2 aliphatic rings. The number of carbonyl (C=O) groups excluding carboxylic acids is 6. The third kappa shape index (κ3) is 12.0. The molecule has 3 aromatic carbocycles. The summed E-state index contributed by atoms with van der Waals surface area (Å²) in [5, 5.41) is 11.5. The molecule has 2 aromatic heterocycles. The van der Waals surface area contributed by atoms with Crippen molar-refractivity contribution in [3.63, 3.8) is 0 Å². The van der Waals surface area contributed by atoms with Gasteiger partial charge in [-0.2, -0.15) is 0 Å². The fraction of sp³-hybridized carbons (Fsp3) is 0.292.